The van der Waals surface area contributed by atoms with Gasteiger partial charge >= 0.3 is 0 Å². The molecule has 2 aromatic carbocycles. The number of carbonyl (C=O) groups is 1. The number of hydrogen-bond donors (Lipinski definition) is 1. The van der Waals surface area contributed by atoms with Crippen molar-refractivity contribution in [1.82, 2.24) is 5.32 Å². The zero-order valence-electron chi connectivity index (χ0n) is 15.1. The van der Waals surface area contributed by atoms with Crippen molar-refractivity contribution in [3.05, 3.63) is 69.9 Å². The molecule has 1 N–H and O–H groups in total. The summed E-state index contributed by atoms with van der Waals surface area (Å²) < 4.78 is 20.6. The third-order valence-corrected chi connectivity index (χ3v) is 6.41. The van der Waals surface area contributed by atoms with Gasteiger partial charge in [0.05, 0.1) is 0 Å². The number of benzene rings is 2. The summed E-state index contributed by atoms with van der Waals surface area (Å²) in [5.41, 5.74) is 1.77. The van der Waals surface area contributed by atoms with Crippen LogP contribution in [0.3, 0.4) is 0 Å². The van der Waals surface area contributed by atoms with Gasteiger partial charge in [0.2, 0.25) is 5.91 Å². The number of amides is 1. The third kappa shape index (κ3) is 3.94. The van der Waals surface area contributed by atoms with E-state index in [1.54, 1.807) is 12.1 Å². The highest BCUT2D eigenvalue weighted by atomic mass is 79.9. The lowest BCUT2D eigenvalue weighted by atomic mass is 9.74. The first kappa shape index (κ1) is 18.6. The van der Waals surface area contributed by atoms with Crippen molar-refractivity contribution < 1.29 is 13.9 Å². The number of halogens is 2. The minimum Gasteiger partial charge on any atom is -0.381 e. The average Bonchev–Trinajstić information content (AvgIpc) is 3.48. The predicted octanol–water partition coefficient (Wildman–Crippen LogP) is 4.56. The summed E-state index contributed by atoms with van der Waals surface area (Å²) >= 11 is 3.55. The fourth-order valence-electron chi connectivity index (χ4n) is 4.14. The molecule has 2 unspecified atom stereocenters. The van der Waals surface area contributed by atoms with E-state index in [1.165, 1.54) is 11.6 Å². The lowest BCUT2D eigenvalue weighted by molar-refractivity contribution is -0.122. The predicted molar refractivity (Wildman–Crippen MR) is 106 cm³/mol. The Bertz CT molecular complexity index is 835. The summed E-state index contributed by atoms with van der Waals surface area (Å²) in [6.07, 6.45) is 2.48. The number of nitrogens with one attached hydrogen (secondary N) is 1. The van der Waals surface area contributed by atoms with Crippen molar-refractivity contribution in [1.29, 1.82) is 0 Å². The monoisotopic (exact) mass is 431 g/mol. The first-order valence-corrected chi connectivity index (χ1v) is 10.2. The van der Waals surface area contributed by atoms with E-state index in [0.717, 1.165) is 23.7 Å². The van der Waals surface area contributed by atoms with Gasteiger partial charge in [-0.3, -0.25) is 4.79 Å². The van der Waals surface area contributed by atoms with Gasteiger partial charge in [0.15, 0.2) is 0 Å². The summed E-state index contributed by atoms with van der Waals surface area (Å²) in [5, 5.41) is 3.16. The molecule has 142 valence electrons. The third-order valence-electron chi connectivity index (χ3n) is 5.92. The molecular formula is C22H23BrFNO2. The van der Waals surface area contributed by atoms with E-state index in [0.29, 0.717) is 25.3 Å². The second kappa shape index (κ2) is 7.72. The van der Waals surface area contributed by atoms with Crippen molar-refractivity contribution in [3.63, 3.8) is 0 Å². The highest BCUT2D eigenvalue weighted by Gasteiger charge is 2.46. The first-order chi connectivity index (χ1) is 13.1. The summed E-state index contributed by atoms with van der Waals surface area (Å²) in [5.74, 6) is -0.305. The molecule has 1 saturated heterocycles. The molecule has 27 heavy (non-hydrogen) atoms. The van der Waals surface area contributed by atoms with Gasteiger partial charge in [-0.15, -0.1) is 0 Å². The van der Waals surface area contributed by atoms with Crippen molar-refractivity contribution in [2.75, 3.05) is 19.8 Å². The number of rotatable bonds is 5. The Morgan fingerprint density at radius 3 is 2.70 bits per heavy atom. The Labute approximate surface area is 167 Å². The van der Waals surface area contributed by atoms with E-state index >= 15 is 0 Å². The summed E-state index contributed by atoms with van der Waals surface area (Å²) in [6, 6.07) is 15.1. The van der Waals surface area contributed by atoms with Crippen LogP contribution in [-0.4, -0.2) is 25.7 Å². The van der Waals surface area contributed by atoms with Gasteiger partial charge in [-0.25, -0.2) is 4.39 Å². The van der Waals surface area contributed by atoms with Gasteiger partial charge in [0, 0.05) is 35.6 Å². The normalized spacial score (nSPS) is 23.6. The average molecular weight is 432 g/mol. The van der Waals surface area contributed by atoms with Crippen LogP contribution in [0.2, 0.25) is 0 Å². The molecule has 0 bridgehead atoms. The SMILES string of the molecule is O=C(NCC1(c2cccc(Br)c2)CCOCC1)C1CC1c1ccccc1F. The molecule has 3 nitrogen and oxygen atoms in total. The number of hydrogen-bond acceptors (Lipinski definition) is 2. The fraction of sp³-hybridized carbons (Fsp3) is 0.409. The Hall–Kier alpha value is -1.72. The summed E-state index contributed by atoms with van der Waals surface area (Å²) in [7, 11) is 0. The lowest BCUT2D eigenvalue weighted by Gasteiger charge is -2.38. The Morgan fingerprint density at radius 2 is 1.96 bits per heavy atom. The van der Waals surface area contributed by atoms with Crippen LogP contribution >= 0.6 is 15.9 Å². The van der Waals surface area contributed by atoms with Gasteiger partial charge in [-0.2, -0.15) is 0 Å². The second-order valence-corrected chi connectivity index (χ2v) is 8.51. The van der Waals surface area contributed by atoms with Crippen LogP contribution in [0.5, 0.6) is 0 Å². The molecule has 4 rings (SSSR count). The molecule has 2 atom stereocenters. The lowest BCUT2D eigenvalue weighted by Crippen LogP contribution is -2.45. The maximum absolute atomic E-state index is 14.0. The van der Waals surface area contributed by atoms with E-state index in [2.05, 4.69) is 33.4 Å². The molecule has 2 aliphatic rings. The molecule has 0 spiro atoms. The maximum Gasteiger partial charge on any atom is 0.223 e. The van der Waals surface area contributed by atoms with Crippen molar-refractivity contribution in [2.45, 2.75) is 30.6 Å². The molecule has 2 aromatic rings. The Morgan fingerprint density at radius 1 is 1.19 bits per heavy atom. The van der Waals surface area contributed by atoms with Crippen LogP contribution in [0, 0.1) is 11.7 Å². The Balaban J connectivity index is 1.44. The van der Waals surface area contributed by atoms with Gasteiger partial charge in [-0.05, 0) is 54.5 Å². The van der Waals surface area contributed by atoms with Crippen molar-refractivity contribution >= 4 is 21.8 Å². The molecule has 0 aromatic heterocycles. The number of carbonyl (C=O) groups excluding carboxylic acids is 1. The van der Waals surface area contributed by atoms with E-state index in [-0.39, 0.29) is 29.0 Å². The number of ether oxygens (including phenoxy) is 1. The summed E-state index contributed by atoms with van der Waals surface area (Å²) in [6.45, 7) is 1.99. The molecular weight excluding hydrogens is 409 g/mol. The molecule has 1 aliphatic carbocycles. The molecule has 1 amide bonds. The van der Waals surface area contributed by atoms with Gasteiger partial charge < -0.3 is 10.1 Å². The maximum atomic E-state index is 14.0. The Kier molecular flexibility index (Phi) is 5.33. The molecule has 0 radical (unpaired) electrons. The van der Waals surface area contributed by atoms with Crippen molar-refractivity contribution in [3.8, 4) is 0 Å². The molecule has 1 heterocycles. The fourth-order valence-corrected chi connectivity index (χ4v) is 4.54. The van der Waals surface area contributed by atoms with Crippen LogP contribution < -0.4 is 5.32 Å². The van der Waals surface area contributed by atoms with Gasteiger partial charge in [0.25, 0.3) is 0 Å². The smallest absolute Gasteiger partial charge is 0.223 e. The topological polar surface area (TPSA) is 38.3 Å². The zero-order valence-corrected chi connectivity index (χ0v) is 16.7. The molecule has 5 heteroatoms. The zero-order chi connectivity index (χ0) is 18.9. The standard InChI is InChI=1S/C22H23BrFNO2/c23-16-5-3-4-15(12-16)22(8-10-27-11-9-22)14-25-21(26)19-13-18(19)17-6-1-2-7-20(17)24/h1-7,12,18-19H,8-11,13-14H2,(H,25,26). The van der Waals surface area contributed by atoms with Crippen LogP contribution in [0.1, 0.15) is 36.3 Å². The first-order valence-electron chi connectivity index (χ1n) is 9.45. The molecule has 1 saturated carbocycles. The van der Waals surface area contributed by atoms with Crippen LogP contribution in [0.15, 0.2) is 53.0 Å². The van der Waals surface area contributed by atoms with E-state index in [1.807, 2.05) is 18.2 Å². The summed E-state index contributed by atoms with van der Waals surface area (Å²) in [4.78, 5) is 12.7. The van der Waals surface area contributed by atoms with Crippen LogP contribution in [-0.2, 0) is 14.9 Å². The second-order valence-electron chi connectivity index (χ2n) is 7.59. The van der Waals surface area contributed by atoms with Gasteiger partial charge in [-0.1, -0.05) is 46.3 Å². The molecule has 2 fully saturated rings. The van der Waals surface area contributed by atoms with Gasteiger partial charge in [0.1, 0.15) is 5.82 Å². The highest BCUT2D eigenvalue weighted by molar-refractivity contribution is 9.10. The van der Waals surface area contributed by atoms with Crippen molar-refractivity contribution in [2.24, 2.45) is 5.92 Å². The highest BCUT2D eigenvalue weighted by Crippen LogP contribution is 2.48. The minimum atomic E-state index is -0.215. The largest absolute Gasteiger partial charge is 0.381 e. The molecule has 1 aliphatic heterocycles. The minimum absolute atomic E-state index is 0.00251. The van der Waals surface area contributed by atoms with E-state index < -0.39 is 0 Å². The van der Waals surface area contributed by atoms with Crippen LogP contribution in [0.25, 0.3) is 0 Å². The van der Waals surface area contributed by atoms with E-state index in [9.17, 15) is 9.18 Å². The van der Waals surface area contributed by atoms with Crippen LogP contribution in [0.4, 0.5) is 4.39 Å². The quantitative estimate of drug-likeness (QED) is 0.753. The van der Waals surface area contributed by atoms with E-state index in [4.69, 9.17) is 4.74 Å².